The zero-order valence-electron chi connectivity index (χ0n) is 15.8. The molecule has 3 amide bonds. The average Bonchev–Trinajstić information content (AvgIpc) is 3.13. The van der Waals surface area contributed by atoms with Gasteiger partial charge in [-0.15, -0.1) is 0 Å². The predicted octanol–water partition coefficient (Wildman–Crippen LogP) is 1.35. The van der Waals surface area contributed by atoms with Gasteiger partial charge in [-0.05, 0) is 11.1 Å². The topological polar surface area (TPSA) is 131 Å². The number of nitro benzene ring substituents is 1. The Balaban J connectivity index is 1.43. The van der Waals surface area contributed by atoms with E-state index < -0.39 is 11.0 Å². The van der Waals surface area contributed by atoms with Crippen LogP contribution in [-0.4, -0.2) is 47.4 Å². The maximum absolute atomic E-state index is 12.4. The quantitative estimate of drug-likeness (QED) is 0.500. The summed E-state index contributed by atoms with van der Waals surface area (Å²) in [5.74, 6) is -0.111. The highest BCUT2D eigenvalue weighted by Gasteiger charge is 2.33. The third-order valence-corrected chi connectivity index (χ3v) is 4.95. The summed E-state index contributed by atoms with van der Waals surface area (Å²) in [5.41, 5.74) is 8.01. The maximum atomic E-state index is 12.4. The fraction of sp³-hybridized carbons (Fsp3) is 0.300. The number of hydrogen-bond acceptors (Lipinski definition) is 5. The van der Waals surface area contributed by atoms with E-state index in [4.69, 9.17) is 5.73 Å². The number of amides is 3. The van der Waals surface area contributed by atoms with E-state index in [0.29, 0.717) is 18.7 Å². The first-order chi connectivity index (χ1) is 13.9. The summed E-state index contributed by atoms with van der Waals surface area (Å²) in [6.45, 7) is 1.05. The zero-order chi connectivity index (χ0) is 20.8. The van der Waals surface area contributed by atoms with E-state index in [9.17, 15) is 19.7 Å². The lowest BCUT2D eigenvalue weighted by molar-refractivity contribution is -0.384. The summed E-state index contributed by atoms with van der Waals surface area (Å²) in [6, 6.07) is 15.1. The van der Waals surface area contributed by atoms with Crippen LogP contribution in [0.25, 0.3) is 0 Å². The van der Waals surface area contributed by atoms with E-state index in [0.717, 1.165) is 5.56 Å². The van der Waals surface area contributed by atoms with Crippen molar-refractivity contribution in [2.75, 3.05) is 19.6 Å². The molecule has 0 unspecified atom stereocenters. The van der Waals surface area contributed by atoms with E-state index in [2.05, 4.69) is 10.6 Å². The van der Waals surface area contributed by atoms with Gasteiger partial charge in [0.05, 0.1) is 11.5 Å². The van der Waals surface area contributed by atoms with Crippen LogP contribution >= 0.6 is 0 Å². The maximum Gasteiger partial charge on any atom is 0.315 e. The summed E-state index contributed by atoms with van der Waals surface area (Å²) < 4.78 is 0. The first kappa shape index (κ1) is 20.3. The molecule has 0 radical (unpaired) electrons. The number of nitrogens with zero attached hydrogens (tertiary/aromatic N) is 2. The SMILES string of the molecule is N[C@@H]1CN(C(=O)CNC(=O)NCc2ccc([N+](=O)[O-])cc2)C[C@H]1c1ccccc1. The molecule has 0 spiro atoms. The highest BCUT2D eigenvalue weighted by molar-refractivity contribution is 5.84. The molecular weight excluding hydrogens is 374 g/mol. The van der Waals surface area contributed by atoms with Crippen LogP contribution in [0.1, 0.15) is 17.0 Å². The van der Waals surface area contributed by atoms with Gasteiger partial charge in [0.25, 0.3) is 5.69 Å². The van der Waals surface area contributed by atoms with Crippen LogP contribution in [0, 0.1) is 10.1 Å². The van der Waals surface area contributed by atoms with Gasteiger partial charge in [0, 0.05) is 43.7 Å². The van der Waals surface area contributed by atoms with Crippen molar-refractivity contribution in [1.29, 1.82) is 0 Å². The Morgan fingerprint density at radius 3 is 2.41 bits per heavy atom. The minimum absolute atomic E-state index is 0.0126. The Morgan fingerprint density at radius 1 is 1.07 bits per heavy atom. The number of hydrogen-bond donors (Lipinski definition) is 3. The first-order valence-electron chi connectivity index (χ1n) is 9.27. The number of benzene rings is 2. The molecule has 0 aromatic heterocycles. The number of likely N-dealkylation sites (tertiary alicyclic amines) is 1. The number of nitro groups is 1. The second-order valence-corrected chi connectivity index (χ2v) is 6.94. The fourth-order valence-electron chi connectivity index (χ4n) is 3.33. The number of rotatable bonds is 6. The zero-order valence-corrected chi connectivity index (χ0v) is 15.8. The minimum atomic E-state index is -0.486. The normalized spacial score (nSPS) is 18.3. The highest BCUT2D eigenvalue weighted by atomic mass is 16.6. The smallest absolute Gasteiger partial charge is 0.315 e. The van der Waals surface area contributed by atoms with Gasteiger partial charge in [0.2, 0.25) is 5.91 Å². The molecule has 3 rings (SSSR count). The lowest BCUT2D eigenvalue weighted by Gasteiger charge is -2.17. The van der Waals surface area contributed by atoms with Crippen molar-refractivity contribution in [3.63, 3.8) is 0 Å². The molecule has 0 aliphatic carbocycles. The summed E-state index contributed by atoms with van der Waals surface area (Å²) in [4.78, 5) is 36.2. The van der Waals surface area contributed by atoms with E-state index in [1.54, 1.807) is 17.0 Å². The Hall–Kier alpha value is -3.46. The van der Waals surface area contributed by atoms with Gasteiger partial charge in [-0.25, -0.2) is 4.79 Å². The number of non-ortho nitro benzene ring substituents is 1. The lowest BCUT2D eigenvalue weighted by atomic mass is 9.95. The number of urea groups is 1. The molecule has 1 aliphatic heterocycles. The number of carbonyl (C=O) groups is 2. The summed E-state index contributed by atoms with van der Waals surface area (Å²) in [6.07, 6.45) is 0. The number of carbonyl (C=O) groups excluding carboxylic acids is 2. The summed E-state index contributed by atoms with van der Waals surface area (Å²) in [5, 5.41) is 15.8. The molecule has 0 saturated carbocycles. The molecule has 0 bridgehead atoms. The van der Waals surface area contributed by atoms with Crippen molar-refractivity contribution in [3.8, 4) is 0 Å². The molecule has 2 aromatic carbocycles. The molecule has 2 atom stereocenters. The van der Waals surface area contributed by atoms with Gasteiger partial charge < -0.3 is 21.3 Å². The molecular formula is C20H23N5O4. The first-order valence-corrected chi connectivity index (χ1v) is 9.27. The van der Waals surface area contributed by atoms with Crippen molar-refractivity contribution in [3.05, 3.63) is 75.8 Å². The molecule has 1 heterocycles. The molecule has 4 N–H and O–H groups in total. The van der Waals surface area contributed by atoms with Crippen LogP contribution in [0.2, 0.25) is 0 Å². The van der Waals surface area contributed by atoms with Crippen LogP contribution in [0.15, 0.2) is 54.6 Å². The van der Waals surface area contributed by atoms with E-state index in [1.165, 1.54) is 12.1 Å². The highest BCUT2D eigenvalue weighted by Crippen LogP contribution is 2.26. The van der Waals surface area contributed by atoms with Crippen LogP contribution in [0.4, 0.5) is 10.5 Å². The van der Waals surface area contributed by atoms with Crippen LogP contribution < -0.4 is 16.4 Å². The van der Waals surface area contributed by atoms with Crippen molar-refractivity contribution in [2.24, 2.45) is 5.73 Å². The Bertz CT molecular complexity index is 872. The van der Waals surface area contributed by atoms with Crippen molar-refractivity contribution < 1.29 is 14.5 Å². The molecule has 1 aliphatic rings. The Kier molecular flexibility index (Phi) is 6.40. The van der Waals surface area contributed by atoms with Crippen LogP contribution in [0.3, 0.4) is 0 Å². The fourth-order valence-corrected chi connectivity index (χ4v) is 3.33. The van der Waals surface area contributed by atoms with Crippen LogP contribution in [-0.2, 0) is 11.3 Å². The molecule has 9 heteroatoms. The average molecular weight is 397 g/mol. The molecule has 1 fully saturated rings. The monoisotopic (exact) mass is 397 g/mol. The molecule has 9 nitrogen and oxygen atoms in total. The third kappa shape index (κ3) is 5.29. The minimum Gasteiger partial charge on any atom is -0.339 e. The Morgan fingerprint density at radius 2 is 1.76 bits per heavy atom. The van der Waals surface area contributed by atoms with Crippen molar-refractivity contribution >= 4 is 17.6 Å². The van der Waals surface area contributed by atoms with Crippen molar-refractivity contribution in [2.45, 2.75) is 18.5 Å². The van der Waals surface area contributed by atoms with E-state index >= 15 is 0 Å². The lowest BCUT2D eigenvalue weighted by Crippen LogP contribution is -2.43. The molecule has 1 saturated heterocycles. The van der Waals surface area contributed by atoms with E-state index in [1.807, 2.05) is 30.3 Å². The number of nitrogens with one attached hydrogen (secondary N) is 2. The molecule has 29 heavy (non-hydrogen) atoms. The van der Waals surface area contributed by atoms with Gasteiger partial charge in [0.15, 0.2) is 0 Å². The summed E-state index contributed by atoms with van der Waals surface area (Å²) >= 11 is 0. The van der Waals surface area contributed by atoms with E-state index in [-0.39, 0.29) is 36.6 Å². The van der Waals surface area contributed by atoms with Gasteiger partial charge >= 0.3 is 6.03 Å². The van der Waals surface area contributed by atoms with Crippen molar-refractivity contribution in [1.82, 2.24) is 15.5 Å². The molecule has 152 valence electrons. The summed E-state index contributed by atoms with van der Waals surface area (Å²) in [7, 11) is 0. The van der Waals surface area contributed by atoms with Gasteiger partial charge in [-0.1, -0.05) is 42.5 Å². The van der Waals surface area contributed by atoms with Gasteiger partial charge in [0.1, 0.15) is 0 Å². The van der Waals surface area contributed by atoms with Gasteiger partial charge in [-0.2, -0.15) is 0 Å². The molecule has 2 aromatic rings. The Labute approximate surface area is 168 Å². The second-order valence-electron chi connectivity index (χ2n) is 6.94. The predicted molar refractivity (Wildman–Crippen MR) is 107 cm³/mol. The van der Waals surface area contributed by atoms with Gasteiger partial charge in [-0.3, -0.25) is 14.9 Å². The van der Waals surface area contributed by atoms with Crippen LogP contribution in [0.5, 0.6) is 0 Å². The number of nitrogens with two attached hydrogens (primary N) is 1. The standard InChI is InChI=1S/C20H23N5O4/c21-18-13-24(12-17(18)15-4-2-1-3-5-15)19(26)11-23-20(27)22-10-14-6-8-16(9-7-14)25(28)29/h1-9,17-18H,10-13,21H2,(H2,22,23,27)/t17-,18+/m0/s1. The second kappa shape index (κ2) is 9.16. The largest absolute Gasteiger partial charge is 0.339 e. The third-order valence-electron chi connectivity index (χ3n) is 4.95.